The summed E-state index contributed by atoms with van der Waals surface area (Å²) in [6.07, 6.45) is 3.96. The number of hydrogen-bond acceptors (Lipinski definition) is 3. The molecule has 0 fully saturated rings. The van der Waals surface area contributed by atoms with Crippen LogP contribution in [0.1, 0.15) is 62.4 Å². The van der Waals surface area contributed by atoms with Crippen LogP contribution in [0.3, 0.4) is 0 Å². The monoisotopic (exact) mass is 366 g/mol. The van der Waals surface area contributed by atoms with Gasteiger partial charge in [0.05, 0.1) is 12.3 Å². The van der Waals surface area contributed by atoms with Gasteiger partial charge < -0.3 is 4.74 Å². The Hall–Kier alpha value is -2.62. The van der Waals surface area contributed by atoms with Gasteiger partial charge in [0, 0.05) is 5.56 Å². The molecule has 0 bridgehead atoms. The summed E-state index contributed by atoms with van der Waals surface area (Å²) >= 11 is 0. The van der Waals surface area contributed by atoms with Crippen molar-refractivity contribution in [1.29, 1.82) is 0 Å². The van der Waals surface area contributed by atoms with E-state index in [2.05, 4.69) is 31.3 Å². The Kier molecular flexibility index (Phi) is 8.56. The van der Waals surface area contributed by atoms with Crippen LogP contribution in [-0.2, 0) is 0 Å². The van der Waals surface area contributed by atoms with Crippen molar-refractivity contribution < 1.29 is 9.53 Å². The molecule has 2 aromatic carbocycles. The Morgan fingerprint density at radius 2 is 1.74 bits per heavy atom. The van der Waals surface area contributed by atoms with E-state index < -0.39 is 0 Å². The number of ether oxygens (including phenoxy) is 1. The molecule has 4 nitrogen and oxygen atoms in total. The lowest BCUT2D eigenvalue weighted by molar-refractivity contribution is 0.0954. The van der Waals surface area contributed by atoms with Crippen LogP contribution >= 0.6 is 0 Å². The van der Waals surface area contributed by atoms with Gasteiger partial charge in [-0.2, -0.15) is 5.10 Å². The van der Waals surface area contributed by atoms with Crippen LogP contribution in [0.15, 0.2) is 59.7 Å². The van der Waals surface area contributed by atoms with Crippen LogP contribution in [0, 0.1) is 5.92 Å². The van der Waals surface area contributed by atoms with E-state index in [9.17, 15) is 4.79 Å². The molecule has 0 atom stereocenters. The third-order valence-electron chi connectivity index (χ3n) is 4.25. The minimum atomic E-state index is -0.214. The number of nitrogens with zero attached hydrogens (tertiary/aromatic N) is 1. The van der Waals surface area contributed by atoms with Crippen molar-refractivity contribution in [3.05, 3.63) is 65.7 Å². The first-order chi connectivity index (χ1) is 13.1. The topological polar surface area (TPSA) is 50.7 Å². The second kappa shape index (κ2) is 11.2. The largest absolute Gasteiger partial charge is 0.494 e. The SMILES string of the molecule is CCCCC(=NNC(=O)c1ccc(OCCC(C)C)cc1)c1ccccc1. The normalized spacial score (nSPS) is 11.5. The Balaban J connectivity index is 1.98. The van der Waals surface area contributed by atoms with Gasteiger partial charge in [0.15, 0.2) is 0 Å². The molecule has 0 aliphatic carbocycles. The predicted octanol–water partition coefficient (Wildman–Crippen LogP) is 5.44. The lowest BCUT2D eigenvalue weighted by atomic mass is 10.1. The average molecular weight is 367 g/mol. The van der Waals surface area contributed by atoms with Gasteiger partial charge >= 0.3 is 0 Å². The van der Waals surface area contributed by atoms with Crippen LogP contribution in [0.5, 0.6) is 5.75 Å². The van der Waals surface area contributed by atoms with Gasteiger partial charge in [0.1, 0.15) is 5.75 Å². The van der Waals surface area contributed by atoms with Crippen LogP contribution in [0.4, 0.5) is 0 Å². The molecule has 2 aromatic rings. The lowest BCUT2D eigenvalue weighted by Crippen LogP contribution is -2.20. The molecule has 1 amide bonds. The van der Waals surface area contributed by atoms with Gasteiger partial charge in [0.25, 0.3) is 5.91 Å². The number of carbonyl (C=O) groups is 1. The number of hydrogen-bond donors (Lipinski definition) is 1. The van der Waals surface area contributed by atoms with Gasteiger partial charge in [-0.05, 0) is 55.0 Å². The van der Waals surface area contributed by atoms with Crippen molar-refractivity contribution in [2.45, 2.75) is 46.5 Å². The van der Waals surface area contributed by atoms with E-state index in [1.165, 1.54) is 0 Å². The minimum Gasteiger partial charge on any atom is -0.494 e. The standard InChI is InChI=1S/C23H30N2O2/c1-4-5-11-22(19-9-7-6-8-10-19)24-25-23(26)20-12-14-21(15-13-20)27-17-16-18(2)3/h6-10,12-15,18H,4-5,11,16-17H2,1-3H3,(H,25,26). The van der Waals surface area contributed by atoms with Crippen molar-refractivity contribution >= 4 is 11.6 Å². The number of carbonyl (C=O) groups excluding carboxylic acids is 1. The summed E-state index contributed by atoms with van der Waals surface area (Å²) in [5.41, 5.74) is 5.20. The molecule has 4 heteroatoms. The van der Waals surface area contributed by atoms with E-state index in [4.69, 9.17) is 4.74 Å². The molecule has 0 unspecified atom stereocenters. The summed E-state index contributed by atoms with van der Waals surface area (Å²) in [6.45, 7) is 7.17. The van der Waals surface area contributed by atoms with E-state index in [1.54, 1.807) is 12.1 Å². The van der Waals surface area contributed by atoms with Gasteiger partial charge in [-0.1, -0.05) is 57.5 Å². The summed E-state index contributed by atoms with van der Waals surface area (Å²) in [7, 11) is 0. The Labute approximate surface area is 162 Å². The summed E-state index contributed by atoms with van der Waals surface area (Å²) in [5, 5.41) is 4.39. The van der Waals surface area contributed by atoms with Crippen molar-refractivity contribution in [3.63, 3.8) is 0 Å². The number of hydrazone groups is 1. The van der Waals surface area contributed by atoms with E-state index >= 15 is 0 Å². The first-order valence-electron chi connectivity index (χ1n) is 9.75. The maximum atomic E-state index is 12.4. The molecule has 0 saturated carbocycles. The fourth-order valence-corrected chi connectivity index (χ4v) is 2.54. The molecule has 0 heterocycles. The summed E-state index contributed by atoms with van der Waals surface area (Å²) in [5.74, 6) is 1.18. The molecule has 2 rings (SSSR count). The molecule has 0 saturated heterocycles. The molecular formula is C23H30N2O2. The summed E-state index contributed by atoms with van der Waals surface area (Å²) in [4.78, 5) is 12.4. The number of amides is 1. The van der Waals surface area contributed by atoms with Crippen molar-refractivity contribution in [2.24, 2.45) is 11.0 Å². The molecule has 27 heavy (non-hydrogen) atoms. The molecule has 0 radical (unpaired) electrons. The van der Waals surface area contributed by atoms with Crippen LogP contribution in [-0.4, -0.2) is 18.2 Å². The average Bonchev–Trinajstić information content (AvgIpc) is 2.69. The van der Waals surface area contributed by atoms with Crippen LogP contribution in [0.25, 0.3) is 0 Å². The molecule has 0 aromatic heterocycles. The Morgan fingerprint density at radius 3 is 2.37 bits per heavy atom. The van der Waals surface area contributed by atoms with Crippen LogP contribution in [0.2, 0.25) is 0 Å². The highest BCUT2D eigenvalue weighted by molar-refractivity contribution is 6.02. The van der Waals surface area contributed by atoms with E-state index in [0.717, 1.165) is 42.7 Å². The third kappa shape index (κ3) is 7.26. The van der Waals surface area contributed by atoms with E-state index in [-0.39, 0.29) is 5.91 Å². The van der Waals surface area contributed by atoms with Gasteiger partial charge in [0.2, 0.25) is 0 Å². The second-order valence-electron chi connectivity index (χ2n) is 7.02. The van der Waals surface area contributed by atoms with Gasteiger partial charge in [-0.15, -0.1) is 0 Å². The fourth-order valence-electron chi connectivity index (χ4n) is 2.54. The van der Waals surface area contributed by atoms with Gasteiger partial charge in [-0.25, -0.2) is 5.43 Å². The highest BCUT2D eigenvalue weighted by Gasteiger charge is 2.08. The number of unbranched alkanes of at least 4 members (excludes halogenated alkanes) is 1. The first kappa shape index (κ1) is 20.7. The highest BCUT2D eigenvalue weighted by atomic mass is 16.5. The molecule has 0 spiro atoms. The lowest BCUT2D eigenvalue weighted by Gasteiger charge is -2.09. The molecule has 0 aliphatic rings. The number of benzene rings is 2. The highest BCUT2D eigenvalue weighted by Crippen LogP contribution is 2.14. The maximum absolute atomic E-state index is 12.4. The predicted molar refractivity (Wildman–Crippen MR) is 111 cm³/mol. The minimum absolute atomic E-state index is 0.214. The second-order valence-corrected chi connectivity index (χ2v) is 7.02. The zero-order chi connectivity index (χ0) is 19.5. The zero-order valence-corrected chi connectivity index (χ0v) is 16.6. The quantitative estimate of drug-likeness (QED) is 0.450. The Bertz CT molecular complexity index is 722. The zero-order valence-electron chi connectivity index (χ0n) is 16.6. The molecule has 1 N–H and O–H groups in total. The first-order valence-corrected chi connectivity index (χ1v) is 9.75. The fraction of sp³-hybridized carbons (Fsp3) is 0.391. The van der Waals surface area contributed by atoms with E-state index in [1.807, 2.05) is 42.5 Å². The van der Waals surface area contributed by atoms with Crippen molar-refractivity contribution in [1.82, 2.24) is 5.43 Å². The Morgan fingerprint density at radius 1 is 1.04 bits per heavy atom. The molecular weight excluding hydrogens is 336 g/mol. The van der Waals surface area contributed by atoms with E-state index in [0.29, 0.717) is 18.1 Å². The maximum Gasteiger partial charge on any atom is 0.271 e. The number of nitrogens with one attached hydrogen (secondary N) is 1. The number of rotatable bonds is 10. The molecule has 0 aliphatic heterocycles. The van der Waals surface area contributed by atoms with Gasteiger partial charge in [-0.3, -0.25) is 4.79 Å². The summed E-state index contributed by atoms with van der Waals surface area (Å²) < 4.78 is 5.69. The third-order valence-corrected chi connectivity index (χ3v) is 4.25. The smallest absolute Gasteiger partial charge is 0.271 e. The van der Waals surface area contributed by atoms with Crippen LogP contribution < -0.4 is 10.2 Å². The molecule has 144 valence electrons. The summed E-state index contributed by atoms with van der Waals surface area (Å²) in [6, 6.07) is 17.2. The van der Waals surface area contributed by atoms with Crippen molar-refractivity contribution in [2.75, 3.05) is 6.61 Å². The van der Waals surface area contributed by atoms with Crippen molar-refractivity contribution in [3.8, 4) is 5.75 Å².